The number of hydrogen-bond acceptors (Lipinski definition) is 3. The molecule has 0 saturated carbocycles. The van der Waals surface area contributed by atoms with E-state index < -0.39 is 0 Å². The Morgan fingerprint density at radius 1 is 1.50 bits per heavy atom. The molecule has 2 saturated heterocycles. The topological polar surface area (TPSA) is 78.5 Å². The molecule has 6 heteroatoms. The molecular formula is C12H19N3O3. The molecule has 0 aromatic carbocycles. The van der Waals surface area contributed by atoms with E-state index in [0.29, 0.717) is 38.9 Å². The second-order valence-electron chi connectivity index (χ2n) is 4.88. The predicted molar refractivity (Wildman–Crippen MR) is 64.5 cm³/mol. The molecule has 2 aliphatic heterocycles. The van der Waals surface area contributed by atoms with Crippen LogP contribution >= 0.6 is 0 Å². The lowest BCUT2D eigenvalue weighted by Crippen LogP contribution is -2.49. The van der Waals surface area contributed by atoms with E-state index in [4.69, 9.17) is 0 Å². The zero-order valence-electron chi connectivity index (χ0n) is 10.6. The Morgan fingerprint density at radius 3 is 2.83 bits per heavy atom. The van der Waals surface area contributed by atoms with Gasteiger partial charge >= 0.3 is 0 Å². The molecule has 0 aromatic rings. The third kappa shape index (κ3) is 2.80. The van der Waals surface area contributed by atoms with Crippen molar-refractivity contribution in [3.8, 4) is 0 Å². The summed E-state index contributed by atoms with van der Waals surface area (Å²) in [5.74, 6) is -0.223. The van der Waals surface area contributed by atoms with E-state index in [2.05, 4.69) is 10.6 Å². The summed E-state index contributed by atoms with van der Waals surface area (Å²) in [5.41, 5.74) is 0. The van der Waals surface area contributed by atoms with Crippen molar-refractivity contribution in [3.05, 3.63) is 0 Å². The number of rotatable bonds is 3. The average Bonchev–Trinajstić information content (AvgIpc) is 2.73. The lowest BCUT2D eigenvalue weighted by atomic mass is 10.0. The molecule has 2 rings (SSSR count). The molecule has 100 valence electrons. The van der Waals surface area contributed by atoms with E-state index in [9.17, 15) is 14.4 Å². The summed E-state index contributed by atoms with van der Waals surface area (Å²) in [6.45, 7) is 3.57. The van der Waals surface area contributed by atoms with Crippen LogP contribution in [0.15, 0.2) is 0 Å². The first kappa shape index (κ1) is 12.9. The van der Waals surface area contributed by atoms with Gasteiger partial charge in [0.05, 0.1) is 5.92 Å². The monoisotopic (exact) mass is 253 g/mol. The first-order valence-corrected chi connectivity index (χ1v) is 6.45. The number of carbonyl (C=O) groups is 3. The van der Waals surface area contributed by atoms with Crippen LogP contribution in [0.4, 0.5) is 0 Å². The highest BCUT2D eigenvalue weighted by atomic mass is 16.2. The molecule has 0 radical (unpaired) electrons. The van der Waals surface area contributed by atoms with E-state index in [-0.39, 0.29) is 29.7 Å². The summed E-state index contributed by atoms with van der Waals surface area (Å²) in [6, 6.07) is 0.000906. The highest BCUT2D eigenvalue weighted by Crippen LogP contribution is 2.18. The molecule has 2 N–H and O–H groups in total. The van der Waals surface area contributed by atoms with E-state index in [1.807, 2.05) is 6.92 Å². The summed E-state index contributed by atoms with van der Waals surface area (Å²) >= 11 is 0. The Bertz CT molecular complexity index is 360. The minimum Gasteiger partial charge on any atom is -0.354 e. The van der Waals surface area contributed by atoms with Gasteiger partial charge in [-0.2, -0.15) is 0 Å². The van der Waals surface area contributed by atoms with Crippen LogP contribution in [0.1, 0.15) is 26.2 Å². The second-order valence-corrected chi connectivity index (χ2v) is 4.88. The Morgan fingerprint density at radius 2 is 2.28 bits per heavy atom. The van der Waals surface area contributed by atoms with Gasteiger partial charge < -0.3 is 15.5 Å². The van der Waals surface area contributed by atoms with Crippen molar-refractivity contribution >= 4 is 17.7 Å². The molecule has 0 bridgehead atoms. The van der Waals surface area contributed by atoms with Crippen molar-refractivity contribution in [2.24, 2.45) is 5.92 Å². The molecule has 0 spiro atoms. The van der Waals surface area contributed by atoms with Crippen molar-refractivity contribution in [1.29, 1.82) is 0 Å². The molecule has 0 aliphatic carbocycles. The van der Waals surface area contributed by atoms with Crippen LogP contribution in [0.2, 0.25) is 0 Å². The van der Waals surface area contributed by atoms with E-state index in [1.54, 1.807) is 4.90 Å². The van der Waals surface area contributed by atoms with Gasteiger partial charge in [-0.3, -0.25) is 14.4 Å². The van der Waals surface area contributed by atoms with Crippen LogP contribution in [0.25, 0.3) is 0 Å². The van der Waals surface area contributed by atoms with Gasteiger partial charge in [-0.25, -0.2) is 0 Å². The van der Waals surface area contributed by atoms with Crippen LogP contribution in [0.3, 0.4) is 0 Å². The number of amides is 3. The summed E-state index contributed by atoms with van der Waals surface area (Å²) in [5, 5.41) is 5.64. The zero-order valence-corrected chi connectivity index (χ0v) is 10.6. The molecule has 2 aliphatic rings. The van der Waals surface area contributed by atoms with Gasteiger partial charge in [-0.15, -0.1) is 0 Å². The molecule has 6 nitrogen and oxygen atoms in total. The van der Waals surface area contributed by atoms with Crippen molar-refractivity contribution in [3.63, 3.8) is 0 Å². The van der Waals surface area contributed by atoms with Gasteiger partial charge in [0.25, 0.3) is 0 Å². The highest BCUT2D eigenvalue weighted by Gasteiger charge is 2.34. The molecule has 2 heterocycles. The number of nitrogens with zero attached hydrogens (tertiary/aromatic N) is 1. The van der Waals surface area contributed by atoms with E-state index >= 15 is 0 Å². The SMILES string of the molecule is CCN1CC(C(=O)NC2CCC(=O)NC2)CC1=O. The molecular weight excluding hydrogens is 234 g/mol. The molecule has 18 heavy (non-hydrogen) atoms. The van der Waals surface area contributed by atoms with Crippen LogP contribution < -0.4 is 10.6 Å². The molecule has 0 aromatic heterocycles. The Labute approximate surface area is 106 Å². The van der Waals surface area contributed by atoms with Crippen LogP contribution in [0.5, 0.6) is 0 Å². The fourth-order valence-corrected chi connectivity index (χ4v) is 2.43. The zero-order chi connectivity index (χ0) is 13.1. The lowest BCUT2D eigenvalue weighted by Gasteiger charge is -2.24. The summed E-state index contributed by atoms with van der Waals surface area (Å²) in [4.78, 5) is 36.2. The van der Waals surface area contributed by atoms with Gasteiger partial charge in [0.15, 0.2) is 0 Å². The summed E-state index contributed by atoms with van der Waals surface area (Å²) in [6.07, 6.45) is 1.43. The third-order valence-electron chi connectivity index (χ3n) is 3.58. The largest absolute Gasteiger partial charge is 0.354 e. The van der Waals surface area contributed by atoms with Crippen LogP contribution in [0, 0.1) is 5.92 Å². The number of hydrogen-bond donors (Lipinski definition) is 2. The fourth-order valence-electron chi connectivity index (χ4n) is 2.43. The van der Waals surface area contributed by atoms with Gasteiger partial charge in [0.1, 0.15) is 0 Å². The molecule has 3 amide bonds. The Balaban J connectivity index is 1.82. The van der Waals surface area contributed by atoms with Crippen molar-refractivity contribution in [2.45, 2.75) is 32.2 Å². The maximum atomic E-state index is 12.0. The van der Waals surface area contributed by atoms with Crippen LogP contribution in [-0.2, 0) is 14.4 Å². The fraction of sp³-hybridized carbons (Fsp3) is 0.750. The van der Waals surface area contributed by atoms with Crippen molar-refractivity contribution in [2.75, 3.05) is 19.6 Å². The minimum atomic E-state index is -0.241. The number of nitrogens with one attached hydrogen (secondary N) is 2. The van der Waals surface area contributed by atoms with E-state index in [0.717, 1.165) is 0 Å². The standard InChI is InChI=1S/C12H19N3O3/c1-2-15-7-8(5-11(15)17)12(18)14-9-3-4-10(16)13-6-9/h8-9H,2-7H2,1H3,(H,13,16)(H,14,18). The smallest absolute Gasteiger partial charge is 0.225 e. The third-order valence-corrected chi connectivity index (χ3v) is 3.58. The maximum absolute atomic E-state index is 12.0. The van der Waals surface area contributed by atoms with E-state index in [1.165, 1.54) is 0 Å². The normalized spacial score (nSPS) is 28.2. The summed E-state index contributed by atoms with van der Waals surface area (Å²) in [7, 11) is 0. The molecule has 2 fully saturated rings. The first-order valence-electron chi connectivity index (χ1n) is 6.45. The number of carbonyl (C=O) groups excluding carboxylic acids is 3. The predicted octanol–water partition coefficient (Wildman–Crippen LogP) is -0.750. The second kappa shape index (κ2) is 5.37. The number of piperidine rings is 1. The first-order chi connectivity index (χ1) is 8.60. The Hall–Kier alpha value is -1.59. The minimum absolute atomic E-state index is 0.000906. The Kier molecular flexibility index (Phi) is 3.84. The molecule has 2 atom stereocenters. The summed E-state index contributed by atoms with van der Waals surface area (Å²) < 4.78 is 0. The van der Waals surface area contributed by atoms with Crippen molar-refractivity contribution < 1.29 is 14.4 Å². The van der Waals surface area contributed by atoms with Gasteiger partial charge in [0.2, 0.25) is 17.7 Å². The lowest BCUT2D eigenvalue weighted by molar-refractivity contribution is -0.129. The van der Waals surface area contributed by atoms with Crippen molar-refractivity contribution in [1.82, 2.24) is 15.5 Å². The van der Waals surface area contributed by atoms with Gasteiger partial charge in [-0.05, 0) is 13.3 Å². The van der Waals surface area contributed by atoms with Gasteiger partial charge in [0, 0.05) is 38.5 Å². The van der Waals surface area contributed by atoms with Crippen LogP contribution in [-0.4, -0.2) is 48.3 Å². The maximum Gasteiger partial charge on any atom is 0.225 e. The quantitative estimate of drug-likeness (QED) is 0.694. The average molecular weight is 253 g/mol. The molecule has 2 unspecified atom stereocenters. The number of likely N-dealkylation sites (tertiary alicyclic amines) is 1. The van der Waals surface area contributed by atoms with Gasteiger partial charge in [-0.1, -0.05) is 0 Å². The highest BCUT2D eigenvalue weighted by molar-refractivity contribution is 5.89.